The Bertz CT molecular complexity index is 1080. The molecule has 3 rings (SSSR count). The first kappa shape index (κ1) is 25.7. The molecule has 0 bridgehead atoms. The highest BCUT2D eigenvalue weighted by atomic mass is 35.5. The van der Waals surface area contributed by atoms with Crippen molar-refractivity contribution in [2.45, 2.75) is 31.5 Å². The highest BCUT2D eigenvalue weighted by Gasteiger charge is 2.40. The minimum Gasteiger partial charge on any atom is -0.481 e. The minimum absolute atomic E-state index is 0.00435. The molecule has 0 aliphatic carbocycles. The van der Waals surface area contributed by atoms with Gasteiger partial charge in [0.2, 0.25) is 0 Å². The third-order valence-corrected chi connectivity index (χ3v) is 6.03. The van der Waals surface area contributed by atoms with Gasteiger partial charge in [0.05, 0.1) is 18.2 Å². The average molecular weight is 492 g/mol. The molecule has 182 valence electrons. The predicted molar refractivity (Wildman–Crippen MR) is 124 cm³/mol. The number of nitrogens with zero attached hydrogens (tertiary/aromatic N) is 2. The molecule has 0 spiro atoms. The molecule has 3 unspecified atom stereocenters. The van der Waals surface area contributed by atoms with Gasteiger partial charge in [-0.3, -0.25) is 10.1 Å². The highest BCUT2D eigenvalue weighted by molar-refractivity contribution is 6.30. The summed E-state index contributed by atoms with van der Waals surface area (Å²) in [4.78, 5) is 12.0. The van der Waals surface area contributed by atoms with Crippen molar-refractivity contribution < 1.29 is 24.5 Å². The summed E-state index contributed by atoms with van der Waals surface area (Å²) in [6.07, 6.45) is 0.498. The van der Waals surface area contributed by atoms with E-state index < -0.39 is 36.1 Å². The van der Waals surface area contributed by atoms with E-state index in [2.05, 4.69) is 20.7 Å². The van der Waals surface area contributed by atoms with Crippen LogP contribution in [0.1, 0.15) is 30.3 Å². The number of carboxylic acid groups (broad SMARTS) is 1. The number of aliphatic hydroxyl groups is 2. The zero-order chi connectivity index (χ0) is 24.7. The van der Waals surface area contributed by atoms with Gasteiger partial charge in [-0.2, -0.15) is 15.4 Å². The van der Waals surface area contributed by atoms with Gasteiger partial charge in [0.25, 0.3) is 0 Å². The summed E-state index contributed by atoms with van der Waals surface area (Å²) in [7, 11) is 0. The first-order chi connectivity index (χ1) is 16.3. The number of nitrogens with one attached hydrogen (secondary N) is 2. The number of hydrogen-bond acceptors (Lipinski definition) is 7. The lowest BCUT2D eigenvalue weighted by molar-refractivity contribution is -0.153. The number of H-pyrrole nitrogens is 1. The second-order valence-electron chi connectivity index (χ2n) is 8.17. The van der Waals surface area contributed by atoms with Crippen molar-refractivity contribution in [3.63, 3.8) is 0 Å². The second kappa shape index (κ2) is 11.5. The van der Waals surface area contributed by atoms with Gasteiger partial charge in [0.15, 0.2) is 6.23 Å². The van der Waals surface area contributed by atoms with Crippen LogP contribution in [-0.2, 0) is 11.2 Å². The fourth-order valence-electron chi connectivity index (χ4n) is 3.92. The predicted octanol–water partition coefficient (Wildman–Crippen LogP) is 2.26. The number of carboxylic acids is 1. The topological polar surface area (TPSA) is 157 Å². The first-order valence-corrected chi connectivity index (χ1v) is 11.0. The second-order valence-corrected chi connectivity index (χ2v) is 8.61. The molecule has 0 aliphatic heterocycles. The Kier molecular flexibility index (Phi) is 8.70. The molecule has 2 aromatic carbocycles. The van der Waals surface area contributed by atoms with Gasteiger partial charge in [-0.15, -0.1) is 0 Å². The maximum atomic E-state index is 14.2. The molecule has 34 heavy (non-hydrogen) atoms. The van der Waals surface area contributed by atoms with Crippen LogP contribution >= 0.6 is 11.6 Å². The van der Waals surface area contributed by atoms with Gasteiger partial charge < -0.3 is 21.1 Å². The quantitative estimate of drug-likeness (QED) is 0.210. The third-order valence-electron chi connectivity index (χ3n) is 5.80. The van der Waals surface area contributed by atoms with Crippen LogP contribution in [0.3, 0.4) is 0 Å². The van der Waals surface area contributed by atoms with Crippen molar-refractivity contribution in [1.82, 2.24) is 20.7 Å². The van der Waals surface area contributed by atoms with Crippen LogP contribution in [0.2, 0.25) is 5.02 Å². The normalized spacial score (nSPS) is 15.0. The van der Waals surface area contributed by atoms with Crippen LogP contribution in [0.4, 0.5) is 4.39 Å². The van der Waals surface area contributed by atoms with Gasteiger partial charge in [0, 0.05) is 16.6 Å². The number of aliphatic carboxylic acids is 1. The smallest absolute Gasteiger partial charge is 0.312 e. The lowest BCUT2D eigenvalue weighted by Crippen LogP contribution is -2.45. The van der Waals surface area contributed by atoms with E-state index >= 15 is 0 Å². The molecule has 11 heteroatoms. The molecule has 0 saturated carbocycles. The van der Waals surface area contributed by atoms with Gasteiger partial charge in [0.1, 0.15) is 11.5 Å². The van der Waals surface area contributed by atoms with Crippen LogP contribution in [0.25, 0.3) is 11.1 Å². The van der Waals surface area contributed by atoms with E-state index in [1.54, 1.807) is 30.3 Å². The summed E-state index contributed by atoms with van der Waals surface area (Å²) in [6.45, 7) is -0.532. The molecule has 0 aliphatic rings. The van der Waals surface area contributed by atoms with Crippen molar-refractivity contribution in [3.8, 4) is 11.1 Å². The Labute approximate surface area is 200 Å². The fourth-order valence-corrected chi connectivity index (χ4v) is 4.09. The van der Waals surface area contributed by atoms with Gasteiger partial charge in [-0.1, -0.05) is 35.9 Å². The molecular weight excluding hydrogens is 465 g/mol. The highest BCUT2D eigenvalue weighted by Crippen LogP contribution is 2.31. The van der Waals surface area contributed by atoms with Crippen LogP contribution in [0, 0.1) is 11.2 Å². The molecule has 3 atom stereocenters. The Balaban J connectivity index is 1.85. The third kappa shape index (κ3) is 6.16. The summed E-state index contributed by atoms with van der Waals surface area (Å²) >= 11 is 6.00. The molecule has 7 N–H and O–H groups in total. The Morgan fingerprint density at radius 2 is 2.00 bits per heavy atom. The lowest BCUT2D eigenvalue weighted by atomic mass is 9.78. The molecule has 9 nitrogen and oxygen atoms in total. The summed E-state index contributed by atoms with van der Waals surface area (Å²) in [6, 6.07) is 10.8. The molecule has 3 aromatic rings. The number of halogens is 2. The lowest BCUT2D eigenvalue weighted by Gasteiger charge is -2.32. The fraction of sp³-hybridized carbons (Fsp3) is 0.348. The number of aromatic nitrogens is 3. The minimum atomic E-state index is -1.49. The Hall–Kier alpha value is -2.89. The number of hydrogen-bond donors (Lipinski definition) is 6. The van der Waals surface area contributed by atoms with E-state index in [4.69, 9.17) is 17.3 Å². The zero-order valence-corrected chi connectivity index (χ0v) is 19.0. The van der Waals surface area contributed by atoms with Crippen molar-refractivity contribution >= 4 is 17.6 Å². The van der Waals surface area contributed by atoms with Crippen LogP contribution in [0.5, 0.6) is 0 Å². The summed E-state index contributed by atoms with van der Waals surface area (Å²) in [5, 5.41) is 43.6. The Morgan fingerprint density at radius 1 is 1.26 bits per heavy atom. The number of nitrogens with two attached hydrogens (primary N) is 1. The van der Waals surface area contributed by atoms with Gasteiger partial charge >= 0.3 is 5.97 Å². The van der Waals surface area contributed by atoms with E-state index in [1.807, 2.05) is 0 Å². The first-order valence-electron chi connectivity index (χ1n) is 10.7. The molecule has 0 saturated heterocycles. The SMILES string of the molecule is NCCC(CO)(CC(Cc1ccc(-c2cc(Cl)ccc2F)cc1)NC(O)c1cn[nH]n1)C(=O)O. The maximum Gasteiger partial charge on any atom is 0.312 e. The molecule has 0 amide bonds. The van der Waals surface area contributed by atoms with Crippen LogP contribution < -0.4 is 11.1 Å². The van der Waals surface area contributed by atoms with E-state index in [-0.39, 0.29) is 25.1 Å². The maximum absolute atomic E-state index is 14.2. The van der Waals surface area contributed by atoms with Gasteiger partial charge in [-0.25, -0.2) is 4.39 Å². The number of rotatable bonds is 12. The summed E-state index contributed by atoms with van der Waals surface area (Å²) in [5.41, 5.74) is 6.18. The van der Waals surface area contributed by atoms with Crippen molar-refractivity contribution in [3.05, 3.63) is 70.8 Å². The summed E-state index contributed by atoms with van der Waals surface area (Å²) < 4.78 is 14.2. The monoisotopic (exact) mass is 491 g/mol. The molecule has 1 heterocycles. The standard InChI is InChI=1S/C23H27ClFN5O4/c24-16-5-6-19(25)18(10-16)15-3-1-14(2-4-15)9-17(28-21(32)20-12-27-30-29-20)11-23(13-31,7-8-26)22(33)34/h1-6,10,12,17,21,28,31-32H,7-9,11,13,26H2,(H,33,34)(H,27,29,30). The van der Waals surface area contributed by atoms with E-state index in [0.717, 1.165) is 5.56 Å². The average Bonchev–Trinajstić information content (AvgIpc) is 3.36. The number of aromatic amines is 1. The molecule has 1 aromatic heterocycles. The van der Waals surface area contributed by atoms with E-state index in [0.29, 0.717) is 22.6 Å². The van der Waals surface area contributed by atoms with Gasteiger partial charge in [-0.05, 0) is 55.1 Å². The van der Waals surface area contributed by atoms with Crippen LogP contribution in [-0.4, -0.2) is 55.9 Å². The van der Waals surface area contributed by atoms with Crippen molar-refractivity contribution in [2.24, 2.45) is 11.1 Å². The number of aliphatic hydroxyl groups excluding tert-OH is 2. The Morgan fingerprint density at radius 3 is 2.59 bits per heavy atom. The summed E-state index contributed by atoms with van der Waals surface area (Å²) in [5.74, 6) is -1.57. The van der Waals surface area contributed by atoms with E-state index in [9.17, 15) is 24.5 Å². The number of carbonyl (C=O) groups is 1. The largest absolute Gasteiger partial charge is 0.481 e. The zero-order valence-electron chi connectivity index (χ0n) is 18.3. The molecule has 0 fully saturated rings. The van der Waals surface area contributed by atoms with Crippen LogP contribution in [0.15, 0.2) is 48.7 Å². The number of benzene rings is 2. The molecule has 0 radical (unpaired) electrons. The van der Waals surface area contributed by atoms with Crippen molar-refractivity contribution in [2.75, 3.05) is 13.2 Å². The van der Waals surface area contributed by atoms with E-state index in [1.165, 1.54) is 18.3 Å². The van der Waals surface area contributed by atoms with Crippen molar-refractivity contribution in [1.29, 1.82) is 0 Å². The molecular formula is C23H27ClFN5O4.